The Kier molecular flexibility index (Phi) is 9.28. The number of benzene rings is 1. The van der Waals surface area contributed by atoms with Crippen molar-refractivity contribution in [2.75, 3.05) is 19.6 Å². The molecule has 1 aromatic carbocycles. The monoisotopic (exact) mass is 528 g/mol. The van der Waals surface area contributed by atoms with E-state index in [1.165, 1.54) is 29.5 Å². The second kappa shape index (κ2) is 11.6. The second-order valence-corrected chi connectivity index (χ2v) is 14.2. The average Bonchev–Trinajstić information content (AvgIpc) is 3.15. The highest BCUT2D eigenvalue weighted by atomic mass is 16.6. The van der Waals surface area contributed by atoms with Crippen molar-refractivity contribution in [1.29, 1.82) is 0 Å². The lowest BCUT2D eigenvalue weighted by Crippen LogP contribution is -2.53. The van der Waals surface area contributed by atoms with Crippen LogP contribution in [0.15, 0.2) is 18.2 Å². The van der Waals surface area contributed by atoms with Gasteiger partial charge < -0.3 is 14.4 Å². The molecule has 2 aliphatic heterocycles. The van der Waals surface area contributed by atoms with E-state index in [2.05, 4.69) is 30.0 Å². The number of aryl methyl sites for hydroxylation is 2. The molecule has 0 atom stereocenters. The summed E-state index contributed by atoms with van der Waals surface area (Å²) in [7, 11) is 0. The predicted molar refractivity (Wildman–Crippen MR) is 153 cm³/mol. The zero-order chi connectivity index (χ0) is 28.4. The van der Waals surface area contributed by atoms with E-state index in [9.17, 15) is 9.59 Å². The lowest BCUT2D eigenvalue weighted by Gasteiger charge is -2.45. The Morgan fingerprint density at radius 2 is 1.50 bits per heavy atom. The number of carbonyl (C=O) groups excluding carboxylic acids is 2. The zero-order valence-electron chi connectivity index (χ0n) is 25.5. The molecule has 0 saturated carbocycles. The van der Waals surface area contributed by atoms with E-state index >= 15 is 0 Å². The Balaban J connectivity index is 1.63. The molecule has 0 radical (unpaired) electrons. The summed E-state index contributed by atoms with van der Waals surface area (Å²) in [6.07, 6.45) is 6.90. The van der Waals surface area contributed by atoms with Crippen LogP contribution >= 0.6 is 0 Å². The number of hydrogen-bond acceptors (Lipinski definition) is 5. The number of likely N-dealkylation sites (tertiary alicyclic amines) is 2. The van der Waals surface area contributed by atoms with Crippen molar-refractivity contribution in [3.63, 3.8) is 0 Å². The summed E-state index contributed by atoms with van der Waals surface area (Å²) in [5.74, 6) is -0.119. The minimum atomic E-state index is -0.502. The summed E-state index contributed by atoms with van der Waals surface area (Å²) in [5.41, 5.74) is 2.79. The molecule has 6 nitrogen and oxygen atoms in total. The number of carbonyl (C=O) groups is 2. The van der Waals surface area contributed by atoms with Crippen LogP contribution in [0.2, 0.25) is 0 Å². The van der Waals surface area contributed by atoms with Gasteiger partial charge >= 0.3 is 12.1 Å². The topological polar surface area (TPSA) is 59.1 Å². The first-order valence-electron chi connectivity index (χ1n) is 14.5. The molecule has 1 aromatic rings. The summed E-state index contributed by atoms with van der Waals surface area (Å²) < 4.78 is 11.3. The molecule has 1 amide bonds. The zero-order valence-corrected chi connectivity index (χ0v) is 25.5. The van der Waals surface area contributed by atoms with Gasteiger partial charge in [-0.05, 0) is 125 Å². The predicted octanol–water partition coefficient (Wildman–Crippen LogP) is 7.05. The standard InChI is InChI=1S/C32H52N2O4/c1-24-13-14-26(25(22-24)12-10-15-31(8,9)27(35)37-29(2,3)4)23-34-19-11-16-32(34)17-20-33(21-18-32)28(36)38-30(5,6)7/h13-14,22H,10-12,15-21,23H2,1-9H3. The highest BCUT2D eigenvalue weighted by molar-refractivity contribution is 5.76. The maximum absolute atomic E-state index is 12.7. The maximum atomic E-state index is 12.7. The number of esters is 1. The summed E-state index contributed by atoms with van der Waals surface area (Å²) in [6.45, 7) is 21.2. The molecule has 0 N–H and O–H groups in total. The third-order valence-corrected chi connectivity index (χ3v) is 8.01. The Hall–Kier alpha value is -2.08. The fraction of sp³-hybridized carbons (Fsp3) is 0.750. The van der Waals surface area contributed by atoms with Crippen molar-refractivity contribution in [2.24, 2.45) is 5.41 Å². The Bertz CT molecular complexity index is 978. The van der Waals surface area contributed by atoms with Crippen molar-refractivity contribution < 1.29 is 19.1 Å². The minimum Gasteiger partial charge on any atom is -0.460 e. The molecule has 2 heterocycles. The van der Waals surface area contributed by atoms with Gasteiger partial charge in [0.05, 0.1) is 5.41 Å². The fourth-order valence-electron chi connectivity index (χ4n) is 5.83. The number of piperidine rings is 1. The third-order valence-electron chi connectivity index (χ3n) is 8.01. The maximum Gasteiger partial charge on any atom is 0.410 e. The molecule has 0 unspecified atom stereocenters. The summed E-state index contributed by atoms with van der Waals surface area (Å²) in [4.78, 5) is 29.9. The molecule has 1 spiro atoms. The van der Waals surface area contributed by atoms with Crippen LogP contribution in [0.3, 0.4) is 0 Å². The molecular weight excluding hydrogens is 476 g/mol. The first-order valence-corrected chi connectivity index (χ1v) is 14.5. The molecule has 214 valence electrons. The first kappa shape index (κ1) is 30.5. The van der Waals surface area contributed by atoms with E-state index in [0.717, 1.165) is 58.3 Å². The molecule has 2 saturated heterocycles. The Labute approximate surface area is 231 Å². The molecule has 0 aromatic heterocycles. The molecule has 2 aliphatic rings. The quantitative estimate of drug-likeness (QED) is 0.355. The van der Waals surface area contributed by atoms with Crippen molar-refractivity contribution >= 4 is 12.1 Å². The van der Waals surface area contributed by atoms with Gasteiger partial charge in [0.1, 0.15) is 11.2 Å². The fourth-order valence-corrected chi connectivity index (χ4v) is 5.83. The largest absolute Gasteiger partial charge is 0.460 e. The Morgan fingerprint density at radius 3 is 2.11 bits per heavy atom. The van der Waals surface area contributed by atoms with Gasteiger partial charge in [-0.1, -0.05) is 23.8 Å². The van der Waals surface area contributed by atoms with Gasteiger partial charge in [-0.3, -0.25) is 9.69 Å². The van der Waals surface area contributed by atoms with Gasteiger partial charge in [0.15, 0.2) is 0 Å². The van der Waals surface area contributed by atoms with E-state index in [4.69, 9.17) is 9.47 Å². The lowest BCUT2D eigenvalue weighted by molar-refractivity contribution is -0.166. The second-order valence-electron chi connectivity index (χ2n) is 14.2. The molecule has 38 heavy (non-hydrogen) atoms. The van der Waals surface area contributed by atoms with E-state index < -0.39 is 16.6 Å². The van der Waals surface area contributed by atoms with Crippen LogP contribution in [-0.2, 0) is 27.2 Å². The smallest absolute Gasteiger partial charge is 0.410 e. The van der Waals surface area contributed by atoms with Gasteiger partial charge in [0.25, 0.3) is 0 Å². The molecule has 0 aliphatic carbocycles. The van der Waals surface area contributed by atoms with Gasteiger partial charge in [-0.15, -0.1) is 0 Å². The first-order chi connectivity index (χ1) is 17.5. The number of nitrogens with zero attached hydrogens (tertiary/aromatic N) is 2. The number of ether oxygens (including phenoxy) is 2. The molecular formula is C32H52N2O4. The van der Waals surface area contributed by atoms with Gasteiger partial charge in [-0.2, -0.15) is 0 Å². The molecule has 6 heteroatoms. The van der Waals surface area contributed by atoms with Gasteiger partial charge in [-0.25, -0.2) is 4.79 Å². The van der Waals surface area contributed by atoms with Crippen LogP contribution in [0.5, 0.6) is 0 Å². The van der Waals surface area contributed by atoms with Crippen LogP contribution < -0.4 is 0 Å². The average molecular weight is 529 g/mol. The highest BCUT2D eigenvalue weighted by Crippen LogP contribution is 2.40. The van der Waals surface area contributed by atoms with Gasteiger partial charge in [0.2, 0.25) is 0 Å². The van der Waals surface area contributed by atoms with Gasteiger partial charge in [0, 0.05) is 25.2 Å². The highest BCUT2D eigenvalue weighted by Gasteiger charge is 2.44. The number of rotatable bonds is 7. The third kappa shape index (κ3) is 8.21. The SMILES string of the molecule is Cc1ccc(CN2CCCC23CCN(C(=O)OC(C)(C)C)CC3)c(CCCC(C)(C)C(=O)OC(C)(C)C)c1. The van der Waals surface area contributed by atoms with Crippen LogP contribution in [0, 0.1) is 12.3 Å². The normalized spacial score (nSPS) is 18.6. The molecule has 2 fully saturated rings. The van der Waals surface area contributed by atoms with Crippen molar-refractivity contribution in [2.45, 2.75) is 131 Å². The van der Waals surface area contributed by atoms with E-state index in [1.54, 1.807) is 0 Å². The van der Waals surface area contributed by atoms with Crippen molar-refractivity contribution in [3.8, 4) is 0 Å². The van der Waals surface area contributed by atoms with E-state index in [1.807, 2.05) is 60.3 Å². The van der Waals surface area contributed by atoms with E-state index in [0.29, 0.717) is 0 Å². The molecule has 3 rings (SSSR count). The summed E-state index contributed by atoms with van der Waals surface area (Å²) >= 11 is 0. The van der Waals surface area contributed by atoms with Crippen LogP contribution in [0.25, 0.3) is 0 Å². The van der Waals surface area contributed by atoms with Crippen LogP contribution in [0.1, 0.15) is 111 Å². The summed E-state index contributed by atoms with van der Waals surface area (Å²) in [5, 5.41) is 0. The van der Waals surface area contributed by atoms with E-state index in [-0.39, 0.29) is 17.6 Å². The number of hydrogen-bond donors (Lipinski definition) is 0. The number of amides is 1. The molecule has 0 bridgehead atoms. The summed E-state index contributed by atoms with van der Waals surface area (Å²) in [6, 6.07) is 6.84. The lowest BCUT2D eigenvalue weighted by atomic mass is 9.84. The van der Waals surface area contributed by atoms with Crippen molar-refractivity contribution in [1.82, 2.24) is 9.80 Å². The van der Waals surface area contributed by atoms with Crippen LogP contribution in [-0.4, -0.2) is 58.2 Å². The van der Waals surface area contributed by atoms with Crippen molar-refractivity contribution in [3.05, 3.63) is 34.9 Å². The van der Waals surface area contributed by atoms with Crippen LogP contribution in [0.4, 0.5) is 4.79 Å². The Morgan fingerprint density at radius 1 is 0.868 bits per heavy atom. The minimum absolute atomic E-state index is 0.119.